The average Bonchev–Trinajstić information content (AvgIpc) is 3.89. The first kappa shape index (κ1) is 36.2. The first-order valence-corrected chi connectivity index (χ1v) is 22.0. The minimum Gasteiger partial charge on any atom is -0.228 e. The highest BCUT2D eigenvalue weighted by Gasteiger charge is 2.45. The van der Waals surface area contributed by atoms with E-state index < -0.39 is 5.41 Å². The van der Waals surface area contributed by atoms with Crippen molar-refractivity contribution < 1.29 is 0 Å². The maximum Gasteiger partial charge on any atom is 0.160 e. The van der Waals surface area contributed by atoms with Gasteiger partial charge in [0.05, 0.1) is 16.8 Å². The maximum atomic E-state index is 5.32. The molecule has 62 heavy (non-hydrogen) atoms. The van der Waals surface area contributed by atoms with Gasteiger partial charge in [-0.15, -0.1) is 11.3 Å². The summed E-state index contributed by atoms with van der Waals surface area (Å²) in [6, 6.07) is 83.4. The summed E-state index contributed by atoms with van der Waals surface area (Å²) < 4.78 is 2.62. The standard InChI is InChI=1S/C59H38N2S/c1-3-17-41(18-4-1)58-60-54(40-35-33-39(34-36-40)46-28-16-29-51-50-27-11-14-32-56(50)62-57(46)51)38-55(61-58)49-26-8-7-23-45(49)42-19-15-22-44(37-42)59(43-20-5-2-6-21-43)52-30-12-9-24-47(52)48-25-10-13-31-53(48)59/h1-38H. The van der Waals surface area contributed by atoms with Crippen LogP contribution < -0.4 is 0 Å². The smallest absolute Gasteiger partial charge is 0.160 e. The van der Waals surface area contributed by atoms with Crippen molar-refractivity contribution in [3.8, 4) is 67.3 Å². The Morgan fingerprint density at radius 1 is 0.323 bits per heavy atom. The van der Waals surface area contributed by atoms with Crippen LogP contribution in [0, 0.1) is 0 Å². The van der Waals surface area contributed by atoms with E-state index in [9.17, 15) is 0 Å². The molecule has 12 rings (SSSR count). The van der Waals surface area contributed by atoms with Crippen molar-refractivity contribution in [2.45, 2.75) is 5.41 Å². The summed E-state index contributed by atoms with van der Waals surface area (Å²) >= 11 is 1.86. The number of hydrogen-bond donors (Lipinski definition) is 0. The molecule has 11 aromatic rings. The van der Waals surface area contributed by atoms with Gasteiger partial charge in [0.2, 0.25) is 0 Å². The molecule has 0 radical (unpaired) electrons. The molecule has 0 aliphatic heterocycles. The normalized spacial score (nSPS) is 12.6. The van der Waals surface area contributed by atoms with Crippen LogP contribution in [0.2, 0.25) is 0 Å². The second-order valence-electron chi connectivity index (χ2n) is 16.0. The summed E-state index contributed by atoms with van der Waals surface area (Å²) in [6.45, 7) is 0. The number of nitrogens with zero attached hydrogens (tertiary/aromatic N) is 2. The molecule has 0 saturated heterocycles. The van der Waals surface area contributed by atoms with E-state index in [0.29, 0.717) is 5.82 Å². The highest BCUT2D eigenvalue weighted by Crippen LogP contribution is 2.56. The molecule has 0 fully saturated rings. The Kier molecular flexibility index (Phi) is 8.62. The third-order valence-corrected chi connectivity index (χ3v) is 13.8. The van der Waals surface area contributed by atoms with E-state index in [1.54, 1.807) is 0 Å². The molecule has 3 heteroatoms. The summed E-state index contributed by atoms with van der Waals surface area (Å²) in [5, 5.41) is 2.61. The lowest BCUT2D eigenvalue weighted by molar-refractivity contribution is 0.769. The van der Waals surface area contributed by atoms with Crippen molar-refractivity contribution in [1.82, 2.24) is 9.97 Å². The molecule has 1 aliphatic rings. The van der Waals surface area contributed by atoms with Crippen molar-refractivity contribution in [3.63, 3.8) is 0 Å². The van der Waals surface area contributed by atoms with Crippen LogP contribution >= 0.6 is 11.3 Å². The fourth-order valence-electron chi connectivity index (χ4n) is 9.83. The van der Waals surface area contributed by atoms with Gasteiger partial charge in [-0.05, 0) is 73.8 Å². The molecule has 0 unspecified atom stereocenters. The zero-order valence-corrected chi connectivity index (χ0v) is 34.6. The molecular formula is C59H38N2S. The van der Waals surface area contributed by atoms with Crippen LogP contribution in [0.1, 0.15) is 22.3 Å². The van der Waals surface area contributed by atoms with Gasteiger partial charge in [0.25, 0.3) is 0 Å². The summed E-state index contributed by atoms with van der Waals surface area (Å²) in [6.07, 6.45) is 0. The quantitative estimate of drug-likeness (QED) is 0.160. The highest BCUT2D eigenvalue weighted by molar-refractivity contribution is 7.26. The Labute approximate surface area is 365 Å². The number of benzene rings is 9. The fraction of sp³-hybridized carbons (Fsp3) is 0.0169. The molecular weight excluding hydrogens is 769 g/mol. The van der Waals surface area contributed by atoms with Gasteiger partial charge in [0.15, 0.2) is 5.82 Å². The molecule has 2 heterocycles. The van der Waals surface area contributed by atoms with Gasteiger partial charge < -0.3 is 0 Å². The minimum atomic E-state index is -0.489. The molecule has 0 N–H and O–H groups in total. The maximum absolute atomic E-state index is 5.32. The number of hydrogen-bond acceptors (Lipinski definition) is 3. The van der Waals surface area contributed by atoms with Crippen LogP contribution in [0.4, 0.5) is 0 Å². The molecule has 0 atom stereocenters. The molecule has 0 bridgehead atoms. The molecule has 2 aromatic heterocycles. The van der Waals surface area contributed by atoms with E-state index in [1.807, 2.05) is 17.4 Å². The van der Waals surface area contributed by atoms with Crippen LogP contribution in [0.25, 0.3) is 87.5 Å². The molecule has 1 aliphatic carbocycles. The van der Waals surface area contributed by atoms with E-state index >= 15 is 0 Å². The second-order valence-corrected chi connectivity index (χ2v) is 17.1. The summed E-state index contributed by atoms with van der Waals surface area (Å²) in [4.78, 5) is 10.5. The first-order chi connectivity index (χ1) is 30.7. The first-order valence-electron chi connectivity index (χ1n) is 21.1. The zero-order valence-electron chi connectivity index (χ0n) is 33.7. The molecule has 9 aromatic carbocycles. The molecule has 0 saturated carbocycles. The average molecular weight is 807 g/mol. The van der Waals surface area contributed by atoms with Gasteiger partial charge in [-0.1, -0.05) is 212 Å². The SMILES string of the molecule is c1ccc(-c2nc(-c3ccc(-c4cccc5c4sc4ccccc45)cc3)cc(-c3ccccc3-c3cccc(C4(c5ccccc5)c5ccccc5-c5ccccc54)c3)n2)cc1. The van der Waals surface area contributed by atoms with Crippen molar-refractivity contribution in [2.75, 3.05) is 0 Å². The van der Waals surface area contributed by atoms with Crippen LogP contribution in [0.3, 0.4) is 0 Å². The van der Waals surface area contributed by atoms with Crippen LogP contribution in [0.5, 0.6) is 0 Å². The molecule has 2 nitrogen and oxygen atoms in total. The fourth-order valence-corrected chi connectivity index (χ4v) is 11.1. The zero-order chi connectivity index (χ0) is 41.0. The van der Waals surface area contributed by atoms with Gasteiger partial charge in [0, 0.05) is 36.9 Å². The number of rotatable bonds is 7. The Hall–Kier alpha value is -7.72. The van der Waals surface area contributed by atoms with Crippen molar-refractivity contribution in [3.05, 3.63) is 253 Å². The lowest BCUT2D eigenvalue weighted by atomic mass is 9.67. The molecule has 290 valence electrons. The number of thiophene rings is 1. The van der Waals surface area contributed by atoms with Crippen LogP contribution in [0.15, 0.2) is 231 Å². The summed E-state index contributed by atoms with van der Waals surface area (Å²) in [5.74, 6) is 0.697. The highest BCUT2D eigenvalue weighted by atomic mass is 32.1. The van der Waals surface area contributed by atoms with Crippen LogP contribution in [-0.2, 0) is 5.41 Å². The van der Waals surface area contributed by atoms with E-state index in [4.69, 9.17) is 9.97 Å². The van der Waals surface area contributed by atoms with Gasteiger partial charge in [0.1, 0.15) is 0 Å². The summed E-state index contributed by atoms with van der Waals surface area (Å²) in [5.41, 5.74) is 16.7. The lowest BCUT2D eigenvalue weighted by Crippen LogP contribution is -2.28. The second kappa shape index (κ2) is 14.8. The minimum absolute atomic E-state index is 0.489. The van der Waals surface area contributed by atoms with Gasteiger partial charge in [-0.3, -0.25) is 0 Å². The van der Waals surface area contributed by atoms with Gasteiger partial charge in [-0.2, -0.15) is 0 Å². The van der Waals surface area contributed by atoms with E-state index in [-0.39, 0.29) is 0 Å². The van der Waals surface area contributed by atoms with Gasteiger partial charge in [-0.25, -0.2) is 9.97 Å². The Balaban J connectivity index is 0.998. The third kappa shape index (κ3) is 5.78. The van der Waals surface area contributed by atoms with E-state index in [0.717, 1.165) is 39.2 Å². The number of fused-ring (bicyclic) bond motifs is 6. The largest absolute Gasteiger partial charge is 0.228 e. The Bertz CT molecular complexity index is 3410. The third-order valence-electron chi connectivity index (χ3n) is 12.6. The van der Waals surface area contributed by atoms with Crippen LogP contribution in [-0.4, -0.2) is 9.97 Å². The van der Waals surface area contributed by atoms with Crippen molar-refractivity contribution in [1.29, 1.82) is 0 Å². The predicted molar refractivity (Wildman–Crippen MR) is 259 cm³/mol. The molecule has 0 spiro atoms. The summed E-state index contributed by atoms with van der Waals surface area (Å²) in [7, 11) is 0. The Morgan fingerprint density at radius 2 is 0.855 bits per heavy atom. The number of aromatic nitrogens is 2. The van der Waals surface area contributed by atoms with Crippen molar-refractivity contribution in [2.24, 2.45) is 0 Å². The van der Waals surface area contributed by atoms with Gasteiger partial charge >= 0.3 is 0 Å². The molecule has 0 amide bonds. The Morgan fingerprint density at radius 3 is 1.61 bits per heavy atom. The van der Waals surface area contributed by atoms with E-state index in [1.165, 1.54) is 64.7 Å². The lowest BCUT2D eigenvalue weighted by Gasteiger charge is -2.34. The monoisotopic (exact) mass is 806 g/mol. The van der Waals surface area contributed by atoms with E-state index in [2.05, 4.69) is 224 Å². The van der Waals surface area contributed by atoms with Crippen molar-refractivity contribution >= 4 is 31.5 Å². The predicted octanol–water partition coefficient (Wildman–Crippen LogP) is 15.5. The topological polar surface area (TPSA) is 25.8 Å².